The van der Waals surface area contributed by atoms with E-state index in [9.17, 15) is 18.0 Å². The quantitative estimate of drug-likeness (QED) is 0.182. The van der Waals surface area contributed by atoms with Gasteiger partial charge in [0.15, 0.2) is 5.69 Å². The highest BCUT2D eigenvalue weighted by molar-refractivity contribution is 7.24. The van der Waals surface area contributed by atoms with E-state index in [-0.39, 0.29) is 5.01 Å². The molecule has 0 radical (unpaired) electrons. The molecule has 4 nitrogen and oxygen atoms in total. The average Bonchev–Trinajstić information content (AvgIpc) is 3.78. The molecule has 0 spiro atoms. The van der Waals surface area contributed by atoms with Crippen LogP contribution in [0, 0.1) is 0 Å². The Labute approximate surface area is 257 Å². The maximum Gasteiger partial charge on any atom is 0.435 e. The van der Waals surface area contributed by atoms with Crippen molar-refractivity contribution in [1.29, 1.82) is 0 Å². The average molecular weight is 631 g/mol. The Morgan fingerprint density at radius 1 is 0.674 bits per heavy atom. The molecule has 0 aliphatic heterocycles. The van der Waals surface area contributed by atoms with E-state index in [1.807, 2.05) is 48.5 Å². The predicted molar refractivity (Wildman–Crippen MR) is 171 cm³/mol. The van der Waals surface area contributed by atoms with Gasteiger partial charge in [0.05, 0.1) is 0 Å². The topological polar surface area (TPSA) is 53.4 Å². The Balaban J connectivity index is 1.20. The first kappa shape index (κ1) is 28.6. The van der Waals surface area contributed by atoms with Gasteiger partial charge in [-0.05, 0) is 78.4 Å². The molecule has 3 aromatic carbocycles. The summed E-state index contributed by atoms with van der Waals surface area (Å²) in [6.07, 6.45) is -1.76. The second-order valence-electron chi connectivity index (χ2n) is 9.29. The number of para-hydroxylation sites is 2. The zero-order chi connectivity index (χ0) is 30.0. The lowest BCUT2D eigenvalue weighted by molar-refractivity contribution is -0.141. The van der Waals surface area contributed by atoms with Crippen LogP contribution in [0.5, 0.6) is 0 Å². The molecule has 6 aromatic rings. The van der Waals surface area contributed by atoms with Crippen LogP contribution in [0.1, 0.15) is 25.3 Å². The summed E-state index contributed by atoms with van der Waals surface area (Å²) in [4.78, 5) is 20.2. The van der Waals surface area contributed by atoms with Crippen molar-refractivity contribution < 1.29 is 23.1 Å². The molecule has 43 heavy (non-hydrogen) atoms. The van der Waals surface area contributed by atoms with Crippen molar-refractivity contribution >= 4 is 69.2 Å². The van der Waals surface area contributed by atoms with E-state index in [4.69, 9.17) is 5.11 Å². The predicted octanol–water partition coefficient (Wildman–Crippen LogP) is 11.0. The van der Waals surface area contributed by atoms with Crippen molar-refractivity contribution in [2.75, 3.05) is 4.90 Å². The summed E-state index contributed by atoms with van der Waals surface area (Å²) in [6.45, 7) is 0. The lowest BCUT2D eigenvalue weighted by Crippen LogP contribution is -2.11. The number of hydrogen-bond donors (Lipinski definition) is 1. The molecule has 3 aromatic heterocycles. The Morgan fingerprint density at radius 2 is 1.23 bits per heavy atom. The van der Waals surface area contributed by atoms with Gasteiger partial charge in [-0.25, -0.2) is 9.78 Å². The number of hydrogen-bond acceptors (Lipinski definition) is 6. The van der Waals surface area contributed by atoms with Gasteiger partial charge < -0.3 is 10.0 Å². The highest BCUT2D eigenvalue weighted by Crippen LogP contribution is 2.40. The fourth-order valence-electron chi connectivity index (χ4n) is 4.47. The molecule has 0 saturated carbocycles. The first-order valence-corrected chi connectivity index (χ1v) is 15.4. The number of rotatable bonds is 8. The van der Waals surface area contributed by atoms with Crippen LogP contribution in [0.3, 0.4) is 0 Å². The molecule has 0 amide bonds. The number of alkyl halides is 3. The standard InChI is InChI=1S/C33H21F3N2O2S3/c34-33(35,36)31-30(32(39)40)43-29(37-31)20-16-25-15-17-27(41-25)28-19-18-26(42-28)21-11-13-24(14-12-21)38(22-7-3-1-4-8-22)23-9-5-2-6-10-23/h1-20H,(H,39,40)/b20-16+. The number of thiophene rings is 2. The number of carboxylic acid groups (broad SMARTS) is 1. The smallest absolute Gasteiger partial charge is 0.435 e. The number of thiazole rings is 1. The van der Waals surface area contributed by atoms with Crippen LogP contribution in [0.25, 0.3) is 32.3 Å². The highest BCUT2D eigenvalue weighted by Gasteiger charge is 2.39. The molecule has 214 valence electrons. The van der Waals surface area contributed by atoms with Crippen LogP contribution in [-0.4, -0.2) is 16.1 Å². The number of benzene rings is 3. The van der Waals surface area contributed by atoms with Crippen LogP contribution >= 0.6 is 34.0 Å². The summed E-state index contributed by atoms with van der Waals surface area (Å²) in [6, 6.07) is 36.9. The number of halogens is 3. The van der Waals surface area contributed by atoms with Crippen molar-refractivity contribution in [2.24, 2.45) is 0 Å². The van der Waals surface area contributed by atoms with Crippen molar-refractivity contribution in [2.45, 2.75) is 6.18 Å². The molecule has 0 fully saturated rings. The molecule has 0 unspecified atom stereocenters. The van der Waals surface area contributed by atoms with E-state index in [1.165, 1.54) is 17.4 Å². The van der Waals surface area contributed by atoms with Crippen molar-refractivity contribution in [3.05, 3.63) is 130 Å². The Kier molecular flexibility index (Phi) is 7.98. The van der Waals surface area contributed by atoms with Gasteiger partial charge in [0.1, 0.15) is 9.88 Å². The number of nitrogens with zero attached hydrogens (tertiary/aromatic N) is 2. The lowest BCUT2D eigenvalue weighted by Gasteiger charge is -2.25. The van der Waals surface area contributed by atoms with Gasteiger partial charge in [0, 0.05) is 36.6 Å². The van der Waals surface area contributed by atoms with Crippen molar-refractivity contribution in [1.82, 2.24) is 4.98 Å². The van der Waals surface area contributed by atoms with Gasteiger partial charge in [-0.3, -0.25) is 0 Å². The molecular weight excluding hydrogens is 610 g/mol. The van der Waals surface area contributed by atoms with Gasteiger partial charge in [-0.2, -0.15) is 13.2 Å². The second kappa shape index (κ2) is 12.0. The van der Waals surface area contributed by atoms with Crippen LogP contribution in [0.15, 0.2) is 109 Å². The number of aromatic carboxylic acids is 1. The molecular formula is C33H21F3N2O2S3. The minimum atomic E-state index is -4.83. The third kappa shape index (κ3) is 6.31. The molecule has 10 heteroatoms. The van der Waals surface area contributed by atoms with Crippen molar-refractivity contribution in [3.8, 4) is 20.2 Å². The van der Waals surface area contributed by atoms with Gasteiger partial charge in [0.2, 0.25) is 0 Å². The van der Waals surface area contributed by atoms with Gasteiger partial charge in [0.25, 0.3) is 0 Å². The summed E-state index contributed by atoms with van der Waals surface area (Å²) >= 11 is 3.65. The van der Waals surface area contributed by atoms with E-state index >= 15 is 0 Å². The van der Waals surface area contributed by atoms with Gasteiger partial charge in [-0.15, -0.1) is 34.0 Å². The summed E-state index contributed by atoms with van der Waals surface area (Å²) < 4.78 is 39.5. The van der Waals surface area contributed by atoms with Gasteiger partial charge >= 0.3 is 12.1 Å². The van der Waals surface area contributed by atoms with Crippen LogP contribution < -0.4 is 4.90 Å². The minimum absolute atomic E-state index is 0.0142. The van der Waals surface area contributed by atoms with Crippen LogP contribution in [-0.2, 0) is 6.18 Å². The summed E-state index contributed by atoms with van der Waals surface area (Å²) in [5.74, 6) is -1.64. The second-order valence-corrected chi connectivity index (χ2v) is 12.5. The molecule has 0 aliphatic carbocycles. The summed E-state index contributed by atoms with van der Waals surface area (Å²) in [5, 5.41) is 9.11. The monoisotopic (exact) mass is 630 g/mol. The van der Waals surface area contributed by atoms with E-state index in [0.29, 0.717) is 11.3 Å². The van der Waals surface area contributed by atoms with E-state index in [2.05, 4.69) is 70.5 Å². The minimum Gasteiger partial charge on any atom is -0.477 e. The van der Waals surface area contributed by atoms with E-state index in [0.717, 1.165) is 42.1 Å². The summed E-state index contributed by atoms with van der Waals surface area (Å²) in [5.41, 5.74) is 2.91. The number of anilines is 3. The lowest BCUT2D eigenvalue weighted by atomic mass is 10.1. The highest BCUT2D eigenvalue weighted by atomic mass is 32.1. The largest absolute Gasteiger partial charge is 0.477 e. The Bertz CT molecular complexity index is 1850. The summed E-state index contributed by atoms with van der Waals surface area (Å²) in [7, 11) is 0. The van der Waals surface area contributed by atoms with E-state index < -0.39 is 22.7 Å². The normalized spacial score (nSPS) is 11.7. The fourth-order valence-corrected chi connectivity index (χ4v) is 7.31. The zero-order valence-corrected chi connectivity index (χ0v) is 24.6. The first-order chi connectivity index (χ1) is 20.8. The Hall–Kier alpha value is -4.51. The molecule has 0 bridgehead atoms. The number of aromatic nitrogens is 1. The third-order valence-corrected chi connectivity index (χ3v) is 9.80. The Morgan fingerprint density at radius 3 is 1.81 bits per heavy atom. The number of carbonyl (C=O) groups is 1. The molecule has 0 atom stereocenters. The number of carboxylic acids is 1. The maximum absolute atomic E-state index is 13.2. The molecule has 0 saturated heterocycles. The zero-order valence-electron chi connectivity index (χ0n) is 22.2. The molecule has 3 heterocycles. The molecule has 6 rings (SSSR count). The molecule has 0 aliphatic rings. The molecule has 1 N–H and O–H groups in total. The third-order valence-electron chi connectivity index (χ3n) is 6.41. The van der Waals surface area contributed by atoms with Gasteiger partial charge in [-0.1, -0.05) is 48.5 Å². The fraction of sp³-hybridized carbons (Fsp3) is 0.0303. The SMILES string of the molecule is O=C(O)c1sc(/C=C/c2ccc(-c3ccc(-c4ccc(N(c5ccccc5)c5ccccc5)cc4)s3)s2)nc1C(F)(F)F. The van der Waals surface area contributed by atoms with Crippen LogP contribution in [0.2, 0.25) is 0 Å². The van der Waals surface area contributed by atoms with Crippen LogP contribution in [0.4, 0.5) is 30.2 Å². The first-order valence-electron chi connectivity index (χ1n) is 13.0. The van der Waals surface area contributed by atoms with E-state index in [1.54, 1.807) is 17.4 Å². The van der Waals surface area contributed by atoms with Crippen molar-refractivity contribution in [3.63, 3.8) is 0 Å². The maximum atomic E-state index is 13.2.